The summed E-state index contributed by atoms with van der Waals surface area (Å²) in [6, 6.07) is 13.2. The van der Waals surface area contributed by atoms with Crippen LogP contribution in [0.3, 0.4) is 0 Å². The smallest absolute Gasteiger partial charge is 0.459 e. The van der Waals surface area contributed by atoms with Crippen LogP contribution in [0.25, 0.3) is 5.52 Å². The lowest BCUT2D eigenvalue weighted by Gasteiger charge is -2.26. The minimum Gasteiger partial charge on any atom is -0.464 e. The number of nitrogens with one attached hydrogen (secondary N) is 2. The first-order valence-electron chi connectivity index (χ1n) is 15.3. The van der Waals surface area contributed by atoms with E-state index in [4.69, 9.17) is 18.5 Å². The number of carbonyl (C=O) groups excluding carboxylic acids is 1. The average Bonchev–Trinajstić information content (AvgIpc) is 3.56. The lowest BCUT2D eigenvalue weighted by molar-refractivity contribution is -0.146. The Morgan fingerprint density at radius 2 is 1.91 bits per heavy atom. The molecule has 1 aromatic carbocycles. The number of nitrogens with zero attached hydrogens (tertiary/aromatic N) is 4. The van der Waals surface area contributed by atoms with Crippen LogP contribution < -0.4 is 14.9 Å². The van der Waals surface area contributed by atoms with E-state index in [1.54, 1.807) is 53.9 Å². The SMILES string of the molecule is CCC(CC)COC(=O)[C@H](C)NP(=O)(OC[C@H]1O[C@@](C#N)(c2ccc3c(NC(C)C)ncnn23)[C@H](C)[C@@H]1O)Oc1ccccc1. The van der Waals surface area contributed by atoms with E-state index in [9.17, 15) is 19.7 Å². The first-order chi connectivity index (χ1) is 21.5. The average molecular weight is 643 g/mol. The van der Waals surface area contributed by atoms with Crippen LogP contribution >= 0.6 is 7.75 Å². The number of fused-ring (bicyclic) bond motifs is 1. The zero-order valence-electron chi connectivity index (χ0n) is 26.5. The maximum Gasteiger partial charge on any atom is 0.459 e. The minimum absolute atomic E-state index is 0.105. The standard InChI is InChI=1S/C31H43N6O7P/c1-7-23(8-2)16-41-30(39)22(6)36-45(40,44-24-12-10-9-11-13-24)42-17-26-28(38)21(5)31(18-32,43-26)27-15-14-25-29(35-20(3)4)33-19-34-37(25)27/h9-15,19-23,26,28,38H,7-8,16-17H2,1-6H3,(H,36,40)(H,33,34,35)/t21-,22+,26-,28+,31-,45?/m1/s1. The van der Waals surface area contributed by atoms with Gasteiger partial charge in [-0.25, -0.2) is 14.1 Å². The Hall–Kier alpha value is -3.53. The molecule has 1 aliphatic heterocycles. The molecule has 13 nitrogen and oxygen atoms in total. The lowest BCUT2D eigenvalue weighted by Crippen LogP contribution is -2.37. The number of benzene rings is 1. The normalized spacial score (nSPS) is 23.5. The summed E-state index contributed by atoms with van der Waals surface area (Å²) in [6.07, 6.45) is 0.838. The Balaban J connectivity index is 1.55. The maximum atomic E-state index is 14.1. The first kappa shape index (κ1) is 34.3. The molecule has 244 valence electrons. The van der Waals surface area contributed by atoms with Gasteiger partial charge in [0.2, 0.25) is 5.60 Å². The Morgan fingerprint density at radius 1 is 1.20 bits per heavy atom. The number of aliphatic hydroxyl groups is 1. The molecule has 3 N–H and O–H groups in total. The van der Waals surface area contributed by atoms with Gasteiger partial charge in [-0.2, -0.15) is 15.4 Å². The molecular formula is C31H43N6O7P. The van der Waals surface area contributed by atoms with Gasteiger partial charge in [-0.15, -0.1) is 0 Å². The van der Waals surface area contributed by atoms with Crippen LogP contribution in [0.5, 0.6) is 5.75 Å². The third kappa shape index (κ3) is 7.65. The molecular weight excluding hydrogens is 599 g/mol. The summed E-state index contributed by atoms with van der Waals surface area (Å²) in [5.41, 5.74) is -0.581. The number of hydrogen-bond acceptors (Lipinski definition) is 11. The molecule has 14 heteroatoms. The van der Waals surface area contributed by atoms with Gasteiger partial charge in [-0.3, -0.25) is 9.32 Å². The molecule has 0 spiro atoms. The van der Waals surface area contributed by atoms with E-state index in [0.29, 0.717) is 17.0 Å². The molecule has 3 heterocycles. The highest BCUT2D eigenvalue weighted by atomic mass is 31.2. The molecule has 45 heavy (non-hydrogen) atoms. The van der Waals surface area contributed by atoms with Crippen molar-refractivity contribution in [3.63, 3.8) is 0 Å². The van der Waals surface area contributed by atoms with Crippen molar-refractivity contribution < 1.29 is 33.0 Å². The van der Waals surface area contributed by atoms with Crippen LogP contribution in [0.1, 0.15) is 60.1 Å². The topological polar surface area (TPSA) is 169 Å². The number of anilines is 1. The van der Waals surface area contributed by atoms with Crippen molar-refractivity contribution in [2.75, 3.05) is 18.5 Å². The summed E-state index contributed by atoms with van der Waals surface area (Å²) >= 11 is 0. The second-order valence-corrected chi connectivity index (χ2v) is 13.3. The highest BCUT2D eigenvalue weighted by Crippen LogP contribution is 2.48. The minimum atomic E-state index is -4.24. The van der Waals surface area contributed by atoms with Crippen LogP contribution in [0, 0.1) is 23.2 Å². The molecule has 1 saturated heterocycles. The molecule has 0 aliphatic carbocycles. The van der Waals surface area contributed by atoms with Crippen LogP contribution in [-0.2, 0) is 29.0 Å². The van der Waals surface area contributed by atoms with E-state index in [-0.39, 0.29) is 24.3 Å². The molecule has 6 atom stereocenters. The fraction of sp³-hybridized carbons (Fsp3) is 0.548. The number of nitriles is 1. The first-order valence-corrected chi connectivity index (χ1v) is 16.8. The molecule has 1 aliphatic rings. The summed E-state index contributed by atoms with van der Waals surface area (Å²) in [5, 5.41) is 32.0. The third-order valence-electron chi connectivity index (χ3n) is 7.99. The molecule has 0 radical (unpaired) electrons. The monoisotopic (exact) mass is 642 g/mol. The van der Waals surface area contributed by atoms with Crippen LogP contribution in [-0.4, -0.2) is 63.2 Å². The predicted octanol–water partition coefficient (Wildman–Crippen LogP) is 4.83. The van der Waals surface area contributed by atoms with Gasteiger partial charge in [0.05, 0.1) is 25.0 Å². The number of aliphatic hydroxyl groups excluding tert-OH is 1. The second-order valence-electron chi connectivity index (χ2n) is 11.6. The number of esters is 1. The van der Waals surface area contributed by atoms with Crippen LogP contribution in [0.4, 0.5) is 5.82 Å². The predicted molar refractivity (Wildman–Crippen MR) is 167 cm³/mol. The molecule has 3 aromatic rings. The largest absolute Gasteiger partial charge is 0.464 e. The van der Waals surface area contributed by atoms with E-state index in [1.165, 1.54) is 13.3 Å². The summed E-state index contributed by atoms with van der Waals surface area (Å²) in [4.78, 5) is 17.1. The fourth-order valence-electron chi connectivity index (χ4n) is 5.21. The van der Waals surface area contributed by atoms with Gasteiger partial charge < -0.3 is 24.4 Å². The van der Waals surface area contributed by atoms with Crippen molar-refractivity contribution in [2.45, 2.75) is 84.3 Å². The van der Waals surface area contributed by atoms with Crippen LogP contribution in [0.2, 0.25) is 0 Å². The summed E-state index contributed by atoms with van der Waals surface area (Å²) < 4.78 is 38.9. The summed E-state index contributed by atoms with van der Waals surface area (Å²) in [7, 11) is -4.24. The Bertz CT molecular complexity index is 1530. The van der Waals surface area contributed by atoms with Gasteiger partial charge >= 0.3 is 13.7 Å². The van der Waals surface area contributed by atoms with Gasteiger partial charge in [0, 0.05) is 12.0 Å². The van der Waals surface area contributed by atoms with Gasteiger partial charge in [0.15, 0.2) is 5.82 Å². The molecule has 2 aromatic heterocycles. The number of rotatable bonds is 15. The quantitative estimate of drug-likeness (QED) is 0.153. The lowest BCUT2D eigenvalue weighted by atomic mass is 9.85. The van der Waals surface area contributed by atoms with Crippen molar-refractivity contribution in [1.29, 1.82) is 5.26 Å². The Morgan fingerprint density at radius 3 is 2.56 bits per heavy atom. The van der Waals surface area contributed by atoms with Crippen molar-refractivity contribution in [1.82, 2.24) is 19.7 Å². The van der Waals surface area contributed by atoms with Gasteiger partial charge in [0.1, 0.15) is 35.8 Å². The summed E-state index contributed by atoms with van der Waals surface area (Å²) in [5.74, 6) is -0.292. The van der Waals surface area contributed by atoms with Gasteiger partial charge in [-0.05, 0) is 51.0 Å². The molecule has 4 rings (SSSR count). The highest BCUT2D eigenvalue weighted by molar-refractivity contribution is 7.52. The molecule has 1 fully saturated rings. The van der Waals surface area contributed by atoms with E-state index in [0.717, 1.165) is 12.8 Å². The Labute approximate surface area is 263 Å². The Kier molecular flexibility index (Phi) is 11.2. The molecule has 0 bridgehead atoms. The highest BCUT2D eigenvalue weighted by Gasteiger charge is 2.56. The van der Waals surface area contributed by atoms with Crippen molar-refractivity contribution >= 4 is 25.1 Å². The maximum absolute atomic E-state index is 14.1. The number of ether oxygens (including phenoxy) is 2. The number of aromatic nitrogens is 3. The fourth-order valence-corrected chi connectivity index (χ4v) is 6.71. The second kappa shape index (κ2) is 14.7. The molecule has 0 amide bonds. The van der Waals surface area contributed by atoms with Gasteiger partial charge in [-0.1, -0.05) is 51.8 Å². The third-order valence-corrected chi connectivity index (χ3v) is 9.64. The van der Waals surface area contributed by atoms with Crippen molar-refractivity contribution in [3.05, 3.63) is 54.5 Å². The van der Waals surface area contributed by atoms with E-state index < -0.39 is 50.1 Å². The van der Waals surface area contributed by atoms with Crippen molar-refractivity contribution in [2.24, 2.45) is 11.8 Å². The zero-order chi connectivity index (χ0) is 32.8. The zero-order valence-corrected chi connectivity index (χ0v) is 27.4. The molecule has 1 unspecified atom stereocenters. The number of hydrogen-bond donors (Lipinski definition) is 3. The van der Waals surface area contributed by atoms with Gasteiger partial charge in [0.25, 0.3) is 0 Å². The number of para-hydroxylation sites is 1. The van der Waals surface area contributed by atoms with Crippen molar-refractivity contribution in [3.8, 4) is 11.8 Å². The molecule has 0 saturated carbocycles. The number of carbonyl (C=O) groups is 1. The van der Waals surface area contributed by atoms with Crippen LogP contribution in [0.15, 0.2) is 48.8 Å². The van der Waals surface area contributed by atoms with E-state index in [1.807, 2.05) is 27.7 Å². The van der Waals surface area contributed by atoms with E-state index >= 15 is 0 Å². The van der Waals surface area contributed by atoms with E-state index in [2.05, 4.69) is 26.6 Å². The summed E-state index contributed by atoms with van der Waals surface area (Å²) in [6.45, 7) is 11.0.